The van der Waals surface area contributed by atoms with Crippen LogP contribution >= 0.6 is 28.1 Å². The number of nitrogens with zero attached hydrogens (tertiary/aromatic N) is 1. The molecule has 0 heterocycles. The molecule has 1 aliphatic carbocycles. The smallest absolute Gasteiger partial charge is 0.258 e. The maximum atomic E-state index is 12.2. The summed E-state index contributed by atoms with van der Waals surface area (Å²) in [4.78, 5) is 12.2. The number of thiocarbonyl (C=S) groups is 1. The van der Waals surface area contributed by atoms with Gasteiger partial charge in [-0.3, -0.25) is 10.2 Å². The highest BCUT2D eigenvalue weighted by Crippen LogP contribution is 2.33. The van der Waals surface area contributed by atoms with E-state index in [4.69, 9.17) is 27.4 Å². The van der Waals surface area contributed by atoms with Crippen molar-refractivity contribution in [2.75, 3.05) is 13.2 Å². The van der Waals surface area contributed by atoms with Crippen LogP contribution in [0.3, 0.4) is 0 Å². The van der Waals surface area contributed by atoms with Crippen LogP contribution in [0.25, 0.3) is 0 Å². The Morgan fingerprint density at radius 1 is 1.33 bits per heavy atom. The predicted octanol–water partition coefficient (Wildman–Crippen LogP) is 2.84. The monoisotopic (exact) mass is 456 g/mol. The minimum atomic E-state index is -0.119. The Hall–Kier alpha value is -1.87. The van der Waals surface area contributed by atoms with Gasteiger partial charge < -0.3 is 20.5 Å². The molecule has 0 aromatic heterocycles. The third kappa shape index (κ3) is 7.34. The third-order valence-electron chi connectivity index (χ3n) is 4.07. The number of amides is 1. The molecule has 0 spiro atoms. The van der Waals surface area contributed by atoms with E-state index in [0.717, 1.165) is 22.9 Å². The maximum absolute atomic E-state index is 12.2. The SMILES string of the molecule is CCOc1cc(C=NNC(N)=S)c(Br)cc1OCC(=O)NC1CCCCC1. The minimum Gasteiger partial charge on any atom is -0.490 e. The lowest BCUT2D eigenvalue weighted by atomic mass is 9.95. The van der Waals surface area contributed by atoms with Gasteiger partial charge in [0.25, 0.3) is 5.91 Å². The number of halogens is 1. The number of hydrogen-bond donors (Lipinski definition) is 3. The first-order chi connectivity index (χ1) is 13.0. The van der Waals surface area contributed by atoms with Gasteiger partial charge in [0.05, 0.1) is 12.8 Å². The Kier molecular flexibility index (Phi) is 8.80. The van der Waals surface area contributed by atoms with Gasteiger partial charge in [0.15, 0.2) is 23.2 Å². The number of carbonyl (C=O) groups is 1. The first-order valence-corrected chi connectivity index (χ1v) is 10.2. The number of ether oxygens (including phenoxy) is 2. The van der Waals surface area contributed by atoms with Crippen molar-refractivity contribution in [1.82, 2.24) is 10.7 Å². The minimum absolute atomic E-state index is 0.0561. The fourth-order valence-corrected chi connectivity index (χ4v) is 3.33. The molecule has 0 unspecified atom stereocenters. The molecule has 1 amide bonds. The van der Waals surface area contributed by atoms with Gasteiger partial charge in [-0.25, -0.2) is 0 Å². The normalized spacial score (nSPS) is 14.7. The Labute approximate surface area is 173 Å². The van der Waals surface area contributed by atoms with E-state index in [-0.39, 0.29) is 23.7 Å². The summed E-state index contributed by atoms with van der Waals surface area (Å²) in [5, 5.41) is 7.06. The summed E-state index contributed by atoms with van der Waals surface area (Å²) < 4.78 is 12.1. The van der Waals surface area contributed by atoms with Gasteiger partial charge >= 0.3 is 0 Å². The molecule has 4 N–H and O–H groups in total. The molecule has 1 aliphatic rings. The maximum Gasteiger partial charge on any atom is 0.258 e. The van der Waals surface area contributed by atoms with Gasteiger partial charge in [0.1, 0.15) is 0 Å². The zero-order chi connectivity index (χ0) is 19.6. The molecule has 1 saturated carbocycles. The number of nitrogens with two attached hydrogens (primary N) is 1. The standard InChI is InChI=1S/C18H25BrN4O3S/c1-2-25-15-8-12(10-21-23-18(20)27)14(19)9-16(15)26-11-17(24)22-13-6-4-3-5-7-13/h8-10,13H,2-7,11H2,1H3,(H,22,24)(H3,20,23,27). The van der Waals surface area contributed by atoms with E-state index in [1.54, 1.807) is 18.3 Å². The highest BCUT2D eigenvalue weighted by molar-refractivity contribution is 9.10. The summed E-state index contributed by atoms with van der Waals surface area (Å²) in [6.07, 6.45) is 7.22. The Morgan fingerprint density at radius 3 is 2.70 bits per heavy atom. The first kappa shape index (κ1) is 21.4. The number of nitrogens with one attached hydrogen (secondary N) is 2. The molecule has 9 heteroatoms. The second-order valence-corrected chi connectivity index (χ2v) is 7.47. The second kappa shape index (κ2) is 11.1. The van der Waals surface area contributed by atoms with E-state index in [9.17, 15) is 4.79 Å². The summed E-state index contributed by atoms with van der Waals surface area (Å²) in [6, 6.07) is 3.78. The van der Waals surface area contributed by atoms with Crippen molar-refractivity contribution in [3.05, 3.63) is 22.2 Å². The van der Waals surface area contributed by atoms with Crippen LogP contribution in [0.5, 0.6) is 11.5 Å². The average Bonchev–Trinajstić information content (AvgIpc) is 2.63. The number of hydrogen-bond acceptors (Lipinski definition) is 5. The average molecular weight is 457 g/mol. The lowest BCUT2D eigenvalue weighted by molar-refractivity contribution is -0.124. The third-order valence-corrected chi connectivity index (χ3v) is 4.85. The fraction of sp³-hybridized carbons (Fsp3) is 0.500. The number of hydrazone groups is 1. The highest BCUT2D eigenvalue weighted by atomic mass is 79.9. The van der Waals surface area contributed by atoms with Crippen LogP contribution in [-0.4, -0.2) is 36.5 Å². The van der Waals surface area contributed by atoms with Crippen molar-refractivity contribution >= 4 is 45.4 Å². The van der Waals surface area contributed by atoms with Gasteiger partial charge in [0, 0.05) is 16.1 Å². The Bertz CT molecular complexity index is 693. The molecule has 7 nitrogen and oxygen atoms in total. The van der Waals surface area contributed by atoms with Gasteiger partial charge in [-0.05, 0) is 60.0 Å². The molecule has 1 aromatic carbocycles. The van der Waals surface area contributed by atoms with E-state index in [1.165, 1.54) is 19.3 Å². The van der Waals surface area contributed by atoms with E-state index >= 15 is 0 Å². The molecule has 1 fully saturated rings. The number of benzene rings is 1. The second-order valence-electron chi connectivity index (χ2n) is 6.18. The van der Waals surface area contributed by atoms with Gasteiger partial charge in [-0.2, -0.15) is 5.10 Å². The molecule has 0 radical (unpaired) electrons. The molecule has 0 aliphatic heterocycles. The topological polar surface area (TPSA) is 98.0 Å². The van der Waals surface area contributed by atoms with Crippen LogP contribution in [0.1, 0.15) is 44.6 Å². The Morgan fingerprint density at radius 2 is 2.04 bits per heavy atom. The molecular weight excluding hydrogens is 432 g/mol. The van der Waals surface area contributed by atoms with Crippen molar-refractivity contribution < 1.29 is 14.3 Å². The lowest BCUT2D eigenvalue weighted by Crippen LogP contribution is -2.39. The van der Waals surface area contributed by atoms with Crippen LogP contribution in [0.2, 0.25) is 0 Å². The van der Waals surface area contributed by atoms with Gasteiger partial charge in [0.2, 0.25) is 0 Å². The quantitative estimate of drug-likeness (QED) is 0.316. The summed E-state index contributed by atoms with van der Waals surface area (Å²) in [5.41, 5.74) is 8.59. The van der Waals surface area contributed by atoms with Crippen molar-refractivity contribution in [2.24, 2.45) is 10.8 Å². The molecule has 0 bridgehead atoms. The molecule has 2 rings (SSSR count). The summed E-state index contributed by atoms with van der Waals surface area (Å²) >= 11 is 8.18. The fourth-order valence-electron chi connectivity index (χ4n) is 2.86. The van der Waals surface area contributed by atoms with Crippen LogP contribution in [0.15, 0.2) is 21.7 Å². The summed E-state index contributed by atoms with van der Waals surface area (Å²) in [7, 11) is 0. The van der Waals surface area contributed by atoms with Gasteiger partial charge in [-0.1, -0.05) is 19.3 Å². The van der Waals surface area contributed by atoms with Crippen molar-refractivity contribution in [2.45, 2.75) is 45.1 Å². The molecule has 27 heavy (non-hydrogen) atoms. The molecule has 148 valence electrons. The zero-order valence-corrected chi connectivity index (χ0v) is 17.7. The van der Waals surface area contributed by atoms with Crippen LogP contribution in [-0.2, 0) is 4.79 Å². The van der Waals surface area contributed by atoms with Crippen LogP contribution in [0.4, 0.5) is 0 Å². The molecule has 0 saturated heterocycles. The van der Waals surface area contributed by atoms with Crippen LogP contribution < -0.4 is 25.9 Å². The lowest BCUT2D eigenvalue weighted by Gasteiger charge is -2.23. The van der Waals surface area contributed by atoms with Crippen molar-refractivity contribution in [1.29, 1.82) is 0 Å². The van der Waals surface area contributed by atoms with Gasteiger partial charge in [-0.15, -0.1) is 0 Å². The summed E-state index contributed by atoms with van der Waals surface area (Å²) in [6.45, 7) is 2.29. The molecule has 0 atom stereocenters. The predicted molar refractivity (Wildman–Crippen MR) is 113 cm³/mol. The molecule has 1 aromatic rings. The van der Waals surface area contributed by atoms with E-state index < -0.39 is 0 Å². The largest absolute Gasteiger partial charge is 0.490 e. The Balaban J connectivity index is 2.01. The molecular formula is C18H25BrN4O3S. The van der Waals surface area contributed by atoms with Crippen molar-refractivity contribution in [3.8, 4) is 11.5 Å². The van der Waals surface area contributed by atoms with E-state index in [0.29, 0.717) is 18.1 Å². The first-order valence-electron chi connectivity index (χ1n) is 8.96. The number of rotatable bonds is 8. The number of carbonyl (C=O) groups excluding carboxylic acids is 1. The summed E-state index contributed by atoms with van der Waals surface area (Å²) in [5.74, 6) is 0.900. The van der Waals surface area contributed by atoms with Crippen molar-refractivity contribution in [3.63, 3.8) is 0 Å². The van der Waals surface area contributed by atoms with E-state index in [1.807, 2.05) is 6.92 Å². The zero-order valence-electron chi connectivity index (χ0n) is 15.3. The van der Waals surface area contributed by atoms with E-state index in [2.05, 4.69) is 31.8 Å². The van der Waals surface area contributed by atoms with Crippen LogP contribution in [0, 0.1) is 0 Å². The highest BCUT2D eigenvalue weighted by Gasteiger charge is 2.17.